The fourth-order valence-electron chi connectivity index (χ4n) is 4.48. The Labute approximate surface area is 186 Å². The monoisotopic (exact) mass is 421 g/mol. The number of rotatable bonds is 7. The van der Waals surface area contributed by atoms with Crippen molar-refractivity contribution in [3.05, 3.63) is 54.4 Å². The van der Waals surface area contributed by atoms with Crippen molar-refractivity contribution in [3.8, 4) is 0 Å². The van der Waals surface area contributed by atoms with Crippen molar-refractivity contribution in [1.82, 2.24) is 25.1 Å². The van der Waals surface area contributed by atoms with E-state index < -0.39 is 0 Å². The van der Waals surface area contributed by atoms with Crippen molar-refractivity contribution in [1.29, 1.82) is 0 Å². The molecule has 1 atom stereocenters. The molecule has 0 radical (unpaired) electrons. The Bertz CT molecular complexity index is 803. The topological polar surface area (TPSA) is 59.9 Å². The molecule has 7 heteroatoms. The van der Waals surface area contributed by atoms with Crippen LogP contribution in [-0.4, -0.2) is 84.6 Å². The Morgan fingerprint density at radius 3 is 2.55 bits per heavy atom. The van der Waals surface area contributed by atoms with Gasteiger partial charge in [-0.3, -0.25) is 9.89 Å². The summed E-state index contributed by atoms with van der Waals surface area (Å²) in [5, 5.41) is 3.50. The molecule has 0 saturated carbocycles. The lowest BCUT2D eigenvalue weighted by molar-refractivity contribution is 0.255. The number of nitrogens with one attached hydrogen (secondary N) is 1. The van der Waals surface area contributed by atoms with Gasteiger partial charge in [-0.05, 0) is 31.4 Å². The number of piperazine rings is 1. The standard InChI is InChI=1S/C24H35N7/c1-2-25-23(31-15-10-22(20-31)21-8-4-3-5-9-21)28-13-7-14-29-16-18-30(19-17-29)24-26-11-6-12-27-24/h3-6,8-9,11-12,22H,2,7,10,13-20H2,1H3,(H,25,28). The maximum Gasteiger partial charge on any atom is 0.225 e. The van der Waals surface area contributed by atoms with Gasteiger partial charge in [0.05, 0.1) is 0 Å². The van der Waals surface area contributed by atoms with Gasteiger partial charge in [-0.25, -0.2) is 9.97 Å². The summed E-state index contributed by atoms with van der Waals surface area (Å²) in [7, 11) is 0. The van der Waals surface area contributed by atoms with E-state index in [1.54, 1.807) is 0 Å². The summed E-state index contributed by atoms with van der Waals surface area (Å²) in [5.74, 6) is 2.53. The third-order valence-electron chi connectivity index (χ3n) is 6.19. The summed E-state index contributed by atoms with van der Waals surface area (Å²) in [4.78, 5) is 20.9. The second-order valence-electron chi connectivity index (χ2n) is 8.31. The molecule has 2 fully saturated rings. The fraction of sp³-hybridized carbons (Fsp3) is 0.542. The first kappa shape index (κ1) is 21.6. The van der Waals surface area contributed by atoms with E-state index in [9.17, 15) is 0 Å². The summed E-state index contributed by atoms with van der Waals surface area (Å²) in [6, 6.07) is 12.8. The Balaban J connectivity index is 1.21. The van der Waals surface area contributed by atoms with E-state index in [2.05, 4.69) is 67.2 Å². The second-order valence-corrected chi connectivity index (χ2v) is 8.31. The second kappa shape index (κ2) is 11.1. The third-order valence-corrected chi connectivity index (χ3v) is 6.19. The first-order chi connectivity index (χ1) is 15.3. The van der Waals surface area contributed by atoms with Crippen LogP contribution in [0.25, 0.3) is 0 Å². The van der Waals surface area contributed by atoms with E-state index in [-0.39, 0.29) is 0 Å². The summed E-state index contributed by atoms with van der Waals surface area (Å²) < 4.78 is 0. The van der Waals surface area contributed by atoms with Crippen molar-refractivity contribution in [2.24, 2.45) is 4.99 Å². The van der Waals surface area contributed by atoms with Gasteiger partial charge in [0, 0.05) is 77.2 Å². The van der Waals surface area contributed by atoms with E-state index in [0.717, 1.165) is 77.2 Å². The maximum atomic E-state index is 4.94. The van der Waals surface area contributed by atoms with Gasteiger partial charge in [0.1, 0.15) is 0 Å². The van der Waals surface area contributed by atoms with Crippen LogP contribution in [0.5, 0.6) is 0 Å². The number of nitrogens with zero attached hydrogens (tertiary/aromatic N) is 6. The molecule has 7 nitrogen and oxygen atoms in total. The highest BCUT2D eigenvalue weighted by Gasteiger charge is 2.26. The number of benzene rings is 1. The summed E-state index contributed by atoms with van der Waals surface area (Å²) in [6.45, 7) is 11.3. The van der Waals surface area contributed by atoms with E-state index in [1.165, 1.54) is 12.0 Å². The van der Waals surface area contributed by atoms with Crippen LogP contribution >= 0.6 is 0 Å². The van der Waals surface area contributed by atoms with E-state index in [4.69, 9.17) is 4.99 Å². The molecular formula is C24H35N7. The van der Waals surface area contributed by atoms with Gasteiger partial charge in [-0.1, -0.05) is 30.3 Å². The van der Waals surface area contributed by atoms with Gasteiger partial charge < -0.3 is 15.1 Å². The highest BCUT2D eigenvalue weighted by Crippen LogP contribution is 2.26. The Morgan fingerprint density at radius 1 is 1.03 bits per heavy atom. The molecule has 2 aliphatic rings. The molecule has 3 heterocycles. The summed E-state index contributed by atoms with van der Waals surface area (Å²) >= 11 is 0. The van der Waals surface area contributed by atoms with Crippen molar-refractivity contribution in [2.45, 2.75) is 25.7 Å². The molecule has 2 saturated heterocycles. The fourth-order valence-corrected chi connectivity index (χ4v) is 4.48. The average Bonchev–Trinajstić information content (AvgIpc) is 3.33. The molecule has 1 unspecified atom stereocenters. The van der Waals surface area contributed by atoms with Crippen LogP contribution in [-0.2, 0) is 0 Å². The molecule has 0 aliphatic carbocycles. The molecule has 2 aromatic rings. The van der Waals surface area contributed by atoms with Crippen LogP contribution < -0.4 is 10.2 Å². The summed E-state index contributed by atoms with van der Waals surface area (Å²) in [5.41, 5.74) is 1.45. The molecule has 31 heavy (non-hydrogen) atoms. The van der Waals surface area contributed by atoms with Crippen LogP contribution in [0.15, 0.2) is 53.8 Å². The van der Waals surface area contributed by atoms with E-state index >= 15 is 0 Å². The van der Waals surface area contributed by atoms with Crippen LogP contribution in [0.4, 0.5) is 5.95 Å². The lowest BCUT2D eigenvalue weighted by Crippen LogP contribution is -2.47. The highest BCUT2D eigenvalue weighted by atomic mass is 15.3. The smallest absolute Gasteiger partial charge is 0.225 e. The molecule has 2 aliphatic heterocycles. The van der Waals surface area contributed by atoms with Gasteiger partial charge in [0.2, 0.25) is 5.95 Å². The highest BCUT2D eigenvalue weighted by molar-refractivity contribution is 5.80. The third kappa shape index (κ3) is 5.94. The average molecular weight is 422 g/mol. The van der Waals surface area contributed by atoms with Crippen molar-refractivity contribution >= 4 is 11.9 Å². The Hall–Kier alpha value is -2.67. The lowest BCUT2D eigenvalue weighted by Gasteiger charge is -2.34. The normalized spacial score (nSPS) is 20.3. The predicted molar refractivity (Wildman–Crippen MR) is 127 cm³/mol. The van der Waals surface area contributed by atoms with Crippen molar-refractivity contribution in [2.75, 3.05) is 63.8 Å². The zero-order valence-electron chi connectivity index (χ0n) is 18.7. The molecule has 1 aromatic carbocycles. The molecule has 0 amide bonds. The number of guanidine groups is 1. The van der Waals surface area contributed by atoms with Crippen LogP contribution in [0.3, 0.4) is 0 Å². The molecule has 0 bridgehead atoms. The number of aromatic nitrogens is 2. The number of hydrogen-bond acceptors (Lipinski definition) is 5. The molecule has 1 aromatic heterocycles. The first-order valence-corrected chi connectivity index (χ1v) is 11.7. The minimum Gasteiger partial charge on any atom is -0.357 e. The Kier molecular flexibility index (Phi) is 7.71. The van der Waals surface area contributed by atoms with E-state index in [0.29, 0.717) is 5.92 Å². The number of anilines is 1. The zero-order chi connectivity index (χ0) is 21.3. The molecule has 1 N–H and O–H groups in total. The lowest BCUT2D eigenvalue weighted by atomic mass is 9.99. The number of aliphatic imine (C=N–C) groups is 1. The largest absolute Gasteiger partial charge is 0.357 e. The molecule has 0 spiro atoms. The Morgan fingerprint density at radius 2 is 1.81 bits per heavy atom. The van der Waals surface area contributed by atoms with Gasteiger partial charge in [0.15, 0.2) is 5.96 Å². The van der Waals surface area contributed by atoms with Gasteiger partial charge in [-0.2, -0.15) is 0 Å². The molecule has 4 rings (SSSR count). The number of likely N-dealkylation sites (tertiary alicyclic amines) is 1. The quantitative estimate of drug-likeness (QED) is 0.421. The van der Waals surface area contributed by atoms with Gasteiger partial charge in [0.25, 0.3) is 0 Å². The van der Waals surface area contributed by atoms with Crippen molar-refractivity contribution in [3.63, 3.8) is 0 Å². The van der Waals surface area contributed by atoms with Crippen LogP contribution in [0.1, 0.15) is 31.2 Å². The van der Waals surface area contributed by atoms with Gasteiger partial charge >= 0.3 is 0 Å². The van der Waals surface area contributed by atoms with Crippen LogP contribution in [0.2, 0.25) is 0 Å². The van der Waals surface area contributed by atoms with Crippen molar-refractivity contribution < 1.29 is 0 Å². The molecular weight excluding hydrogens is 386 g/mol. The first-order valence-electron chi connectivity index (χ1n) is 11.7. The predicted octanol–water partition coefficient (Wildman–Crippen LogP) is 2.44. The maximum absolute atomic E-state index is 4.94. The minimum atomic E-state index is 0.606. The van der Waals surface area contributed by atoms with Gasteiger partial charge in [-0.15, -0.1) is 0 Å². The van der Waals surface area contributed by atoms with Crippen LogP contribution in [0, 0.1) is 0 Å². The molecule has 166 valence electrons. The summed E-state index contributed by atoms with van der Waals surface area (Å²) in [6.07, 6.45) is 5.92. The van der Waals surface area contributed by atoms with E-state index in [1.807, 2.05) is 18.5 Å². The number of hydrogen-bond donors (Lipinski definition) is 1. The minimum absolute atomic E-state index is 0.606. The zero-order valence-corrected chi connectivity index (χ0v) is 18.7. The SMILES string of the molecule is CCNC(=NCCCN1CCN(c2ncccn2)CC1)N1CCC(c2ccccc2)C1.